The van der Waals surface area contributed by atoms with Crippen molar-refractivity contribution in [2.45, 2.75) is 6.54 Å². The molecule has 1 heterocycles. The van der Waals surface area contributed by atoms with Crippen molar-refractivity contribution in [3.8, 4) is 0 Å². The molecule has 0 aliphatic carbocycles. The van der Waals surface area contributed by atoms with Crippen molar-refractivity contribution in [3.63, 3.8) is 0 Å². The first-order valence-electron chi connectivity index (χ1n) is 3.55. The highest BCUT2D eigenvalue weighted by molar-refractivity contribution is 5.77. The minimum atomic E-state index is 0.622. The molecular formula is C7H11N3O2. The van der Waals surface area contributed by atoms with Crippen LogP contribution in [-0.4, -0.2) is 34.9 Å². The van der Waals surface area contributed by atoms with Crippen molar-refractivity contribution in [3.05, 3.63) is 18.0 Å². The molecule has 0 aromatic carbocycles. The molecule has 5 heteroatoms. The van der Waals surface area contributed by atoms with E-state index >= 15 is 0 Å². The van der Waals surface area contributed by atoms with Gasteiger partial charge in [0.15, 0.2) is 0 Å². The fraction of sp³-hybridized carbons (Fsp3) is 0.429. The third-order valence-corrected chi connectivity index (χ3v) is 1.38. The number of aromatic nitrogens is 2. The summed E-state index contributed by atoms with van der Waals surface area (Å²) in [5, 5.41) is 15.1. The Labute approximate surface area is 70.3 Å². The van der Waals surface area contributed by atoms with E-state index in [1.807, 2.05) is 0 Å². The summed E-state index contributed by atoms with van der Waals surface area (Å²) < 4.78 is 6.59. The first-order chi connectivity index (χ1) is 5.86. The van der Waals surface area contributed by atoms with Crippen LogP contribution in [0, 0.1) is 0 Å². The standard InChI is InChI=1S/C7H11N3O2/c1-12-3-2-10-6-7(4-8-10)5-9-11/h4-6,11H,2-3H2,1H3/b9-5+. The predicted molar refractivity (Wildman–Crippen MR) is 43.5 cm³/mol. The van der Waals surface area contributed by atoms with Gasteiger partial charge in [-0.05, 0) is 0 Å². The summed E-state index contributed by atoms with van der Waals surface area (Å²) in [5.74, 6) is 0. The number of methoxy groups -OCH3 is 1. The van der Waals surface area contributed by atoms with Gasteiger partial charge in [-0.3, -0.25) is 4.68 Å². The Morgan fingerprint density at radius 1 is 1.83 bits per heavy atom. The zero-order valence-corrected chi connectivity index (χ0v) is 6.84. The molecule has 1 aromatic heterocycles. The number of hydrogen-bond acceptors (Lipinski definition) is 4. The van der Waals surface area contributed by atoms with Crippen LogP contribution in [0.15, 0.2) is 17.5 Å². The zero-order chi connectivity index (χ0) is 8.81. The van der Waals surface area contributed by atoms with E-state index in [2.05, 4.69) is 10.3 Å². The lowest BCUT2D eigenvalue weighted by Gasteiger charge is -1.97. The first-order valence-corrected chi connectivity index (χ1v) is 3.55. The molecule has 1 rings (SSSR count). The summed E-state index contributed by atoms with van der Waals surface area (Å²) in [6, 6.07) is 0. The summed E-state index contributed by atoms with van der Waals surface area (Å²) in [6.07, 6.45) is 4.73. The van der Waals surface area contributed by atoms with Crippen LogP contribution < -0.4 is 0 Å². The predicted octanol–water partition coefficient (Wildman–Crippen LogP) is 0.338. The van der Waals surface area contributed by atoms with Crippen molar-refractivity contribution in [2.24, 2.45) is 5.16 Å². The minimum absolute atomic E-state index is 0.622. The van der Waals surface area contributed by atoms with Crippen LogP contribution in [0.4, 0.5) is 0 Å². The van der Waals surface area contributed by atoms with Crippen molar-refractivity contribution in [2.75, 3.05) is 13.7 Å². The molecule has 0 saturated heterocycles. The summed E-state index contributed by atoms with van der Waals surface area (Å²) in [7, 11) is 1.64. The van der Waals surface area contributed by atoms with E-state index in [1.165, 1.54) is 6.21 Å². The second-order valence-corrected chi connectivity index (χ2v) is 2.27. The molecule has 12 heavy (non-hydrogen) atoms. The Morgan fingerprint density at radius 2 is 2.67 bits per heavy atom. The van der Waals surface area contributed by atoms with Crippen LogP contribution in [0.5, 0.6) is 0 Å². The molecule has 0 spiro atoms. The van der Waals surface area contributed by atoms with Crippen molar-refractivity contribution in [1.82, 2.24) is 9.78 Å². The Kier molecular flexibility index (Phi) is 3.28. The van der Waals surface area contributed by atoms with Gasteiger partial charge in [0.05, 0.1) is 25.6 Å². The highest BCUT2D eigenvalue weighted by Crippen LogP contribution is 1.93. The molecule has 66 valence electrons. The van der Waals surface area contributed by atoms with Gasteiger partial charge in [-0.25, -0.2) is 0 Å². The third kappa shape index (κ3) is 2.35. The molecule has 0 radical (unpaired) electrons. The van der Waals surface area contributed by atoms with Gasteiger partial charge < -0.3 is 9.94 Å². The van der Waals surface area contributed by atoms with Crippen molar-refractivity contribution < 1.29 is 9.94 Å². The van der Waals surface area contributed by atoms with Crippen molar-refractivity contribution >= 4 is 6.21 Å². The van der Waals surface area contributed by atoms with Gasteiger partial charge in [-0.15, -0.1) is 0 Å². The molecule has 0 bridgehead atoms. The van der Waals surface area contributed by atoms with Crippen LogP contribution in [-0.2, 0) is 11.3 Å². The van der Waals surface area contributed by atoms with E-state index in [4.69, 9.17) is 9.94 Å². The van der Waals surface area contributed by atoms with Crippen LogP contribution in [0.25, 0.3) is 0 Å². The van der Waals surface area contributed by atoms with Crippen LogP contribution in [0.1, 0.15) is 5.56 Å². The summed E-state index contributed by atoms with van der Waals surface area (Å²) in [4.78, 5) is 0. The molecule has 1 N–H and O–H groups in total. The molecule has 0 aliphatic heterocycles. The number of ether oxygens (including phenoxy) is 1. The maximum atomic E-state index is 8.21. The Balaban J connectivity index is 2.52. The van der Waals surface area contributed by atoms with E-state index in [1.54, 1.807) is 24.2 Å². The molecule has 0 aliphatic rings. The van der Waals surface area contributed by atoms with E-state index in [9.17, 15) is 0 Å². The molecule has 0 amide bonds. The summed E-state index contributed by atoms with van der Waals surface area (Å²) in [5.41, 5.74) is 0.772. The number of nitrogens with zero attached hydrogens (tertiary/aromatic N) is 3. The average Bonchev–Trinajstić information content (AvgIpc) is 2.50. The van der Waals surface area contributed by atoms with Gasteiger partial charge in [0.2, 0.25) is 0 Å². The van der Waals surface area contributed by atoms with Gasteiger partial charge in [0.25, 0.3) is 0 Å². The van der Waals surface area contributed by atoms with E-state index in [-0.39, 0.29) is 0 Å². The number of rotatable bonds is 4. The second kappa shape index (κ2) is 4.50. The molecule has 0 saturated carbocycles. The van der Waals surface area contributed by atoms with Crippen LogP contribution in [0.2, 0.25) is 0 Å². The largest absolute Gasteiger partial charge is 0.411 e. The first kappa shape index (κ1) is 8.73. The van der Waals surface area contributed by atoms with Gasteiger partial charge in [0.1, 0.15) is 0 Å². The van der Waals surface area contributed by atoms with E-state index in [0.717, 1.165) is 5.56 Å². The van der Waals surface area contributed by atoms with Crippen LogP contribution >= 0.6 is 0 Å². The Hall–Kier alpha value is -1.36. The second-order valence-electron chi connectivity index (χ2n) is 2.27. The SMILES string of the molecule is COCCn1cc(/C=N/O)cn1. The average molecular weight is 169 g/mol. The summed E-state index contributed by atoms with van der Waals surface area (Å²) >= 11 is 0. The highest BCUT2D eigenvalue weighted by Gasteiger charge is 1.94. The van der Waals surface area contributed by atoms with E-state index in [0.29, 0.717) is 13.2 Å². The van der Waals surface area contributed by atoms with Crippen molar-refractivity contribution in [1.29, 1.82) is 0 Å². The third-order valence-electron chi connectivity index (χ3n) is 1.38. The Bertz CT molecular complexity index is 257. The number of hydrogen-bond donors (Lipinski definition) is 1. The molecular weight excluding hydrogens is 158 g/mol. The normalized spacial score (nSPS) is 11.1. The number of oxime groups is 1. The fourth-order valence-electron chi connectivity index (χ4n) is 0.820. The lowest BCUT2D eigenvalue weighted by molar-refractivity contribution is 0.183. The van der Waals surface area contributed by atoms with Gasteiger partial charge in [-0.1, -0.05) is 5.16 Å². The lowest BCUT2D eigenvalue weighted by Crippen LogP contribution is -2.03. The lowest BCUT2D eigenvalue weighted by atomic mass is 10.4. The highest BCUT2D eigenvalue weighted by atomic mass is 16.5. The molecule has 0 atom stereocenters. The monoisotopic (exact) mass is 169 g/mol. The molecule has 0 fully saturated rings. The summed E-state index contributed by atoms with van der Waals surface area (Å²) in [6.45, 7) is 1.33. The smallest absolute Gasteiger partial charge is 0.0765 e. The quantitative estimate of drug-likeness (QED) is 0.401. The van der Waals surface area contributed by atoms with E-state index < -0.39 is 0 Å². The van der Waals surface area contributed by atoms with Gasteiger partial charge in [0, 0.05) is 18.9 Å². The van der Waals surface area contributed by atoms with Gasteiger partial charge >= 0.3 is 0 Å². The minimum Gasteiger partial charge on any atom is -0.411 e. The van der Waals surface area contributed by atoms with Gasteiger partial charge in [-0.2, -0.15) is 5.10 Å². The Morgan fingerprint density at radius 3 is 3.33 bits per heavy atom. The molecule has 5 nitrogen and oxygen atoms in total. The topological polar surface area (TPSA) is 59.6 Å². The molecule has 1 aromatic rings. The van der Waals surface area contributed by atoms with Crippen LogP contribution in [0.3, 0.4) is 0 Å². The fourth-order valence-corrected chi connectivity index (χ4v) is 0.820. The maximum absolute atomic E-state index is 8.21. The zero-order valence-electron chi connectivity index (χ0n) is 6.84. The molecule has 0 unspecified atom stereocenters. The maximum Gasteiger partial charge on any atom is 0.0765 e.